The minimum atomic E-state index is -0.590. The van der Waals surface area contributed by atoms with Crippen LogP contribution in [0.15, 0.2) is 4.99 Å². The summed E-state index contributed by atoms with van der Waals surface area (Å²) in [6, 6.07) is -0.870. The highest BCUT2D eigenvalue weighted by atomic mass is 16.2. The van der Waals surface area contributed by atoms with E-state index in [1.165, 1.54) is 141 Å². The van der Waals surface area contributed by atoms with Crippen LogP contribution < -0.4 is 27.4 Å². The normalized spacial score (nSPS) is 11.7. The number of nitrogens with zero attached hydrogens (tertiary/aromatic N) is 1. The molecule has 0 aromatic heterocycles. The molecule has 0 spiro atoms. The lowest BCUT2D eigenvalue weighted by Gasteiger charge is -2.19. The number of nitrogens with one attached hydrogen (secondary N) is 3. The molecule has 0 heterocycles. The van der Waals surface area contributed by atoms with Crippen molar-refractivity contribution in [2.75, 3.05) is 19.6 Å². The Morgan fingerprint density at radius 3 is 1.24 bits per heavy atom. The molecule has 266 valence electrons. The fourth-order valence-corrected chi connectivity index (χ4v) is 5.80. The van der Waals surface area contributed by atoms with Crippen molar-refractivity contribution in [3.8, 4) is 0 Å². The van der Waals surface area contributed by atoms with Gasteiger partial charge in [-0.15, -0.1) is 0 Å². The van der Waals surface area contributed by atoms with Gasteiger partial charge in [0.15, 0.2) is 5.96 Å². The molecule has 0 aliphatic rings. The Hall–Kier alpha value is -1.99. The topological polar surface area (TPSA) is 135 Å². The van der Waals surface area contributed by atoms with Crippen LogP contribution in [0, 0.1) is 0 Å². The van der Waals surface area contributed by atoms with Gasteiger partial charge in [-0.2, -0.15) is 0 Å². The van der Waals surface area contributed by atoms with Crippen molar-refractivity contribution in [2.24, 2.45) is 16.5 Å². The van der Waals surface area contributed by atoms with Crippen LogP contribution in [0.5, 0.6) is 0 Å². The minimum Gasteiger partial charge on any atom is -0.370 e. The molecule has 8 heteroatoms. The maximum atomic E-state index is 12.9. The first-order valence-electron chi connectivity index (χ1n) is 19.4. The van der Waals surface area contributed by atoms with E-state index in [0.717, 1.165) is 25.7 Å². The number of carbonyl (C=O) groups excluding carboxylic acids is 2. The van der Waals surface area contributed by atoms with E-state index in [0.29, 0.717) is 32.5 Å². The van der Waals surface area contributed by atoms with Crippen LogP contribution >= 0.6 is 0 Å². The molecule has 7 N–H and O–H groups in total. The highest BCUT2D eigenvalue weighted by molar-refractivity contribution is 5.86. The molecule has 1 atom stereocenters. The van der Waals surface area contributed by atoms with Crippen LogP contribution in [0.3, 0.4) is 0 Å². The third-order valence-corrected chi connectivity index (χ3v) is 8.71. The highest BCUT2D eigenvalue weighted by Crippen LogP contribution is 2.14. The lowest BCUT2D eigenvalue weighted by molar-refractivity contribution is -0.123. The first kappa shape index (κ1) is 43.0. The second-order valence-corrected chi connectivity index (χ2v) is 13.2. The minimum absolute atomic E-state index is 0.0430. The number of nitrogens with two attached hydrogens (primary N) is 2. The molecular formula is C37H76N6O2. The summed E-state index contributed by atoms with van der Waals surface area (Å²) in [6.45, 7) is 6.24. The third-order valence-electron chi connectivity index (χ3n) is 8.71. The number of urea groups is 1. The van der Waals surface area contributed by atoms with Crippen molar-refractivity contribution >= 4 is 17.9 Å². The van der Waals surface area contributed by atoms with Gasteiger partial charge >= 0.3 is 6.03 Å². The third kappa shape index (κ3) is 33.2. The van der Waals surface area contributed by atoms with Crippen LogP contribution in [0.2, 0.25) is 0 Å². The summed E-state index contributed by atoms with van der Waals surface area (Å²) in [7, 11) is 0. The first-order valence-corrected chi connectivity index (χ1v) is 19.4. The van der Waals surface area contributed by atoms with Crippen molar-refractivity contribution in [3.05, 3.63) is 0 Å². The van der Waals surface area contributed by atoms with E-state index in [1.54, 1.807) is 0 Å². The van der Waals surface area contributed by atoms with Gasteiger partial charge in [0.05, 0.1) is 0 Å². The Kier molecular flexibility index (Phi) is 33.3. The molecule has 8 nitrogen and oxygen atoms in total. The van der Waals surface area contributed by atoms with E-state index in [9.17, 15) is 9.59 Å². The van der Waals surface area contributed by atoms with Crippen molar-refractivity contribution in [2.45, 2.75) is 200 Å². The fourth-order valence-electron chi connectivity index (χ4n) is 5.80. The van der Waals surface area contributed by atoms with Crippen LogP contribution in [0.4, 0.5) is 4.79 Å². The Morgan fingerprint density at radius 2 is 0.867 bits per heavy atom. The fraction of sp³-hybridized carbons (Fsp3) is 0.919. The monoisotopic (exact) mass is 637 g/mol. The molecule has 3 amide bonds. The number of rotatable bonds is 34. The molecule has 0 aromatic carbocycles. The molecule has 0 radical (unpaired) electrons. The number of guanidine groups is 1. The SMILES string of the molecule is CCCCCCCCCCCCCCCCCCNC(=O)NC(CCCN=C(N)N)C(=O)NCCCCCCCCCCCC. The maximum absolute atomic E-state index is 12.9. The highest BCUT2D eigenvalue weighted by Gasteiger charge is 2.20. The molecule has 0 saturated carbocycles. The Bertz CT molecular complexity index is 684. The van der Waals surface area contributed by atoms with Gasteiger partial charge in [-0.1, -0.05) is 168 Å². The standard InChI is InChI=1S/C37H76N6O2/c1-3-5-7-9-11-13-15-16-17-18-19-20-22-24-26-28-32-42-37(45)43-34(30-29-33-41-36(38)39)35(44)40-31-27-25-23-21-14-12-10-8-6-4-2/h34H,3-33H2,1-2H3,(H,40,44)(H4,38,39,41)(H2,42,43,45). The van der Waals surface area contributed by atoms with Gasteiger partial charge in [0.25, 0.3) is 0 Å². The molecule has 45 heavy (non-hydrogen) atoms. The molecule has 0 aliphatic heterocycles. The molecule has 0 saturated heterocycles. The number of aliphatic imine (C=N–C) groups is 1. The summed E-state index contributed by atoms with van der Waals surface area (Å²) in [6.07, 6.45) is 34.9. The zero-order valence-electron chi connectivity index (χ0n) is 29.9. The smallest absolute Gasteiger partial charge is 0.315 e. The molecule has 0 aliphatic carbocycles. The number of unbranched alkanes of at least 4 members (excludes halogenated alkanes) is 24. The second kappa shape index (κ2) is 34.9. The van der Waals surface area contributed by atoms with Gasteiger partial charge in [0, 0.05) is 19.6 Å². The predicted octanol–water partition coefficient (Wildman–Crippen LogP) is 9.01. The number of carbonyl (C=O) groups is 2. The zero-order chi connectivity index (χ0) is 33.1. The number of hydrogen-bond donors (Lipinski definition) is 5. The zero-order valence-corrected chi connectivity index (χ0v) is 29.9. The van der Waals surface area contributed by atoms with Gasteiger partial charge in [-0.25, -0.2) is 4.79 Å². The van der Waals surface area contributed by atoms with Crippen LogP contribution in [0.25, 0.3) is 0 Å². The van der Waals surface area contributed by atoms with E-state index in [4.69, 9.17) is 11.5 Å². The quantitative estimate of drug-likeness (QED) is 0.0274. The summed E-state index contributed by atoms with van der Waals surface area (Å²) in [5.74, 6) is -0.0883. The summed E-state index contributed by atoms with van der Waals surface area (Å²) >= 11 is 0. The first-order chi connectivity index (χ1) is 22.0. The van der Waals surface area contributed by atoms with Crippen LogP contribution in [-0.4, -0.2) is 43.6 Å². The summed E-state index contributed by atoms with van der Waals surface area (Å²) < 4.78 is 0. The van der Waals surface area contributed by atoms with Crippen molar-refractivity contribution < 1.29 is 9.59 Å². The molecule has 0 aromatic rings. The van der Waals surface area contributed by atoms with E-state index in [1.807, 2.05) is 0 Å². The Balaban J connectivity index is 3.95. The summed E-state index contributed by atoms with van der Waals surface area (Å²) in [4.78, 5) is 29.4. The van der Waals surface area contributed by atoms with Gasteiger partial charge < -0.3 is 27.4 Å². The largest absolute Gasteiger partial charge is 0.370 e. The Labute approximate surface area is 278 Å². The van der Waals surface area contributed by atoms with Gasteiger partial charge in [-0.3, -0.25) is 9.79 Å². The summed E-state index contributed by atoms with van der Waals surface area (Å²) in [5.41, 5.74) is 10.8. The summed E-state index contributed by atoms with van der Waals surface area (Å²) in [5, 5.41) is 8.84. The molecule has 0 fully saturated rings. The van der Waals surface area contributed by atoms with E-state index < -0.39 is 6.04 Å². The van der Waals surface area contributed by atoms with Crippen molar-refractivity contribution in [1.29, 1.82) is 0 Å². The average Bonchev–Trinajstić information content (AvgIpc) is 3.02. The Morgan fingerprint density at radius 1 is 0.511 bits per heavy atom. The van der Waals surface area contributed by atoms with E-state index in [2.05, 4.69) is 34.8 Å². The number of hydrogen-bond acceptors (Lipinski definition) is 3. The van der Waals surface area contributed by atoms with Crippen LogP contribution in [0.1, 0.15) is 194 Å². The molecular weight excluding hydrogens is 560 g/mol. The van der Waals surface area contributed by atoms with E-state index in [-0.39, 0.29) is 17.9 Å². The lowest BCUT2D eigenvalue weighted by atomic mass is 10.0. The lowest BCUT2D eigenvalue weighted by Crippen LogP contribution is -2.50. The molecule has 0 rings (SSSR count). The van der Waals surface area contributed by atoms with Crippen LogP contribution in [-0.2, 0) is 4.79 Å². The predicted molar refractivity (Wildman–Crippen MR) is 195 cm³/mol. The van der Waals surface area contributed by atoms with Gasteiger partial charge in [0.1, 0.15) is 6.04 Å². The van der Waals surface area contributed by atoms with Crippen molar-refractivity contribution in [1.82, 2.24) is 16.0 Å². The number of amides is 3. The van der Waals surface area contributed by atoms with Crippen molar-refractivity contribution in [3.63, 3.8) is 0 Å². The molecule has 1 unspecified atom stereocenters. The van der Waals surface area contributed by atoms with E-state index >= 15 is 0 Å². The van der Waals surface area contributed by atoms with Gasteiger partial charge in [0.2, 0.25) is 5.91 Å². The second-order valence-electron chi connectivity index (χ2n) is 13.2. The van der Waals surface area contributed by atoms with Gasteiger partial charge in [-0.05, 0) is 25.7 Å². The molecule has 0 bridgehead atoms. The average molecular weight is 637 g/mol. The maximum Gasteiger partial charge on any atom is 0.315 e.